The monoisotopic (exact) mass is 243 g/mol. The first-order valence-corrected chi connectivity index (χ1v) is 7.11. The normalized spacial score (nSPS) is 20.2. The molecule has 0 aliphatic heterocycles. The molecule has 0 radical (unpaired) electrons. The number of rotatable bonds is 3. The number of hydrogen-bond donors (Lipinski definition) is 1. The van der Waals surface area contributed by atoms with Gasteiger partial charge in [-0.15, -0.1) is 0 Å². The molecule has 0 bridgehead atoms. The van der Waals surface area contributed by atoms with E-state index in [4.69, 9.17) is 0 Å². The lowest BCUT2D eigenvalue weighted by atomic mass is 9.90. The SMILES string of the molecule is CNC(c1ccsc1)C1CCc2ccccc21. The number of aryl methyl sites for hydroxylation is 1. The number of fused-ring (bicyclic) bond motifs is 1. The maximum Gasteiger partial charge on any atom is 0.0395 e. The van der Waals surface area contributed by atoms with Gasteiger partial charge in [0.1, 0.15) is 0 Å². The summed E-state index contributed by atoms with van der Waals surface area (Å²) in [5, 5.41) is 7.93. The maximum atomic E-state index is 3.49. The molecule has 1 aromatic carbocycles. The van der Waals surface area contributed by atoms with Crippen molar-refractivity contribution in [3.8, 4) is 0 Å². The molecule has 3 rings (SSSR count). The van der Waals surface area contributed by atoms with Crippen molar-refractivity contribution in [1.82, 2.24) is 5.32 Å². The van der Waals surface area contributed by atoms with Crippen LogP contribution in [0.5, 0.6) is 0 Å². The third-order valence-corrected chi connectivity index (χ3v) is 4.50. The average Bonchev–Trinajstić information content (AvgIpc) is 3.01. The minimum atomic E-state index is 0.463. The highest BCUT2D eigenvalue weighted by Crippen LogP contribution is 2.41. The van der Waals surface area contributed by atoms with Gasteiger partial charge in [-0.1, -0.05) is 24.3 Å². The smallest absolute Gasteiger partial charge is 0.0395 e. The molecule has 2 atom stereocenters. The van der Waals surface area contributed by atoms with Crippen LogP contribution < -0.4 is 5.32 Å². The zero-order valence-electron chi connectivity index (χ0n) is 10.0. The van der Waals surface area contributed by atoms with Crippen molar-refractivity contribution in [2.45, 2.75) is 24.8 Å². The number of nitrogens with one attached hydrogen (secondary N) is 1. The van der Waals surface area contributed by atoms with Crippen LogP contribution in [0.2, 0.25) is 0 Å². The van der Waals surface area contributed by atoms with Crippen LogP contribution >= 0.6 is 11.3 Å². The van der Waals surface area contributed by atoms with Crippen LogP contribution in [0.25, 0.3) is 0 Å². The summed E-state index contributed by atoms with van der Waals surface area (Å²) in [7, 11) is 2.07. The molecule has 0 fully saturated rings. The molecule has 88 valence electrons. The van der Waals surface area contributed by atoms with Crippen LogP contribution in [-0.4, -0.2) is 7.05 Å². The standard InChI is InChI=1S/C15H17NS/c1-16-15(12-8-9-17-10-12)14-7-6-11-4-2-3-5-13(11)14/h2-5,8-10,14-16H,6-7H2,1H3. The van der Waals surface area contributed by atoms with E-state index in [0.717, 1.165) is 0 Å². The lowest BCUT2D eigenvalue weighted by molar-refractivity contribution is 0.478. The highest BCUT2D eigenvalue weighted by atomic mass is 32.1. The summed E-state index contributed by atoms with van der Waals surface area (Å²) in [5.74, 6) is 0.630. The Labute approximate surface area is 106 Å². The van der Waals surface area contributed by atoms with Gasteiger partial charge in [0, 0.05) is 12.0 Å². The molecule has 1 aromatic heterocycles. The first-order chi connectivity index (χ1) is 8.40. The largest absolute Gasteiger partial charge is 0.312 e. The highest BCUT2D eigenvalue weighted by Gasteiger charge is 2.29. The summed E-state index contributed by atoms with van der Waals surface area (Å²) < 4.78 is 0. The van der Waals surface area contributed by atoms with E-state index in [1.165, 1.54) is 29.5 Å². The minimum absolute atomic E-state index is 0.463. The second kappa shape index (κ2) is 4.63. The van der Waals surface area contributed by atoms with Gasteiger partial charge in [0.15, 0.2) is 0 Å². The van der Waals surface area contributed by atoms with Gasteiger partial charge < -0.3 is 5.32 Å². The van der Waals surface area contributed by atoms with Crippen LogP contribution in [0.4, 0.5) is 0 Å². The van der Waals surface area contributed by atoms with Gasteiger partial charge in [0.25, 0.3) is 0 Å². The van der Waals surface area contributed by atoms with Gasteiger partial charge in [0.05, 0.1) is 0 Å². The lowest BCUT2D eigenvalue weighted by Crippen LogP contribution is -2.22. The van der Waals surface area contributed by atoms with Crippen molar-refractivity contribution in [3.63, 3.8) is 0 Å². The Morgan fingerprint density at radius 2 is 2.18 bits per heavy atom. The molecule has 2 aromatic rings. The predicted molar refractivity (Wildman–Crippen MR) is 73.6 cm³/mol. The van der Waals surface area contributed by atoms with Crippen LogP contribution in [-0.2, 0) is 6.42 Å². The average molecular weight is 243 g/mol. The fraction of sp³-hybridized carbons (Fsp3) is 0.333. The molecule has 2 heteroatoms. The Kier molecular flexibility index (Phi) is 3.00. The molecule has 0 saturated carbocycles. The molecule has 1 heterocycles. The van der Waals surface area contributed by atoms with Crippen LogP contribution in [0, 0.1) is 0 Å². The zero-order valence-corrected chi connectivity index (χ0v) is 10.8. The fourth-order valence-electron chi connectivity index (χ4n) is 2.99. The topological polar surface area (TPSA) is 12.0 Å². The third kappa shape index (κ3) is 1.92. The Morgan fingerprint density at radius 3 is 2.94 bits per heavy atom. The van der Waals surface area contributed by atoms with Crippen molar-refractivity contribution in [1.29, 1.82) is 0 Å². The van der Waals surface area contributed by atoms with Gasteiger partial charge in [-0.3, -0.25) is 0 Å². The van der Waals surface area contributed by atoms with Gasteiger partial charge >= 0.3 is 0 Å². The number of likely N-dealkylation sites (N-methyl/N-ethyl adjacent to an activating group) is 1. The second-order valence-corrected chi connectivity index (χ2v) is 5.45. The molecule has 1 nitrogen and oxygen atoms in total. The quantitative estimate of drug-likeness (QED) is 0.866. The molecular formula is C15H17NS. The Hall–Kier alpha value is -1.12. The lowest BCUT2D eigenvalue weighted by Gasteiger charge is -2.23. The number of hydrogen-bond acceptors (Lipinski definition) is 2. The minimum Gasteiger partial charge on any atom is -0.312 e. The van der Waals surface area contributed by atoms with Crippen molar-refractivity contribution < 1.29 is 0 Å². The summed E-state index contributed by atoms with van der Waals surface area (Å²) in [4.78, 5) is 0. The maximum absolute atomic E-state index is 3.49. The third-order valence-electron chi connectivity index (χ3n) is 3.79. The summed E-state index contributed by atoms with van der Waals surface area (Å²) in [6.07, 6.45) is 2.49. The summed E-state index contributed by atoms with van der Waals surface area (Å²) in [6.45, 7) is 0. The van der Waals surface area contributed by atoms with Gasteiger partial charge in [-0.05, 0) is 53.4 Å². The van der Waals surface area contributed by atoms with E-state index in [2.05, 4.69) is 53.5 Å². The molecular weight excluding hydrogens is 226 g/mol. The van der Waals surface area contributed by atoms with Crippen molar-refractivity contribution in [2.75, 3.05) is 7.05 Å². The van der Waals surface area contributed by atoms with Gasteiger partial charge in [-0.2, -0.15) is 11.3 Å². The predicted octanol–water partition coefficient (Wildman–Crippen LogP) is 3.74. The van der Waals surface area contributed by atoms with Crippen LogP contribution in [0.3, 0.4) is 0 Å². The van der Waals surface area contributed by atoms with E-state index in [1.54, 1.807) is 11.3 Å². The Morgan fingerprint density at radius 1 is 1.29 bits per heavy atom. The Bertz CT molecular complexity index is 489. The van der Waals surface area contributed by atoms with Gasteiger partial charge in [-0.25, -0.2) is 0 Å². The van der Waals surface area contributed by atoms with Crippen molar-refractivity contribution >= 4 is 11.3 Å². The summed E-state index contributed by atoms with van der Waals surface area (Å²) in [6, 6.07) is 11.6. The first-order valence-electron chi connectivity index (χ1n) is 6.17. The molecule has 1 N–H and O–H groups in total. The molecule has 0 spiro atoms. The van der Waals surface area contributed by atoms with Crippen LogP contribution in [0.15, 0.2) is 41.1 Å². The fourth-order valence-corrected chi connectivity index (χ4v) is 3.69. The Balaban J connectivity index is 1.95. The summed E-state index contributed by atoms with van der Waals surface area (Å²) in [5.41, 5.74) is 4.50. The van der Waals surface area contributed by atoms with E-state index < -0.39 is 0 Å². The number of thiophene rings is 1. The van der Waals surface area contributed by atoms with E-state index in [9.17, 15) is 0 Å². The van der Waals surface area contributed by atoms with E-state index in [-0.39, 0.29) is 0 Å². The molecule has 1 aliphatic carbocycles. The van der Waals surface area contributed by atoms with Crippen molar-refractivity contribution in [2.24, 2.45) is 0 Å². The molecule has 1 aliphatic rings. The summed E-state index contributed by atoms with van der Waals surface area (Å²) >= 11 is 1.78. The molecule has 0 amide bonds. The van der Waals surface area contributed by atoms with Crippen LogP contribution in [0.1, 0.15) is 35.1 Å². The van der Waals surface area contributed by atoms with E-state index >= 15 is 0 Å². The highest BCUT2D eigenvalue weighted by molar-refractivity contribution is 7.07. The van der Waals surface area contributed by atoms with Gasteiger partial charge in [0.2, 0.25) is 0 Å². The second-order valence-electron chi connectivity index (χ2n) is 4.67. The zero-order chi connectivity index (χ0) is 11.7. The molecule has 2 unspecified atom stereocenters. The van der Waals surface area contributed by atoms with Crippen molar-refractivity contribution in [3.05, 3.63) is 57.8 Å². The molecule has 17 heavy (non-hydrogen) atoms. The van der Waals surface area contributed by atoms with E-state index in [0.29, 0.717) is 12.0 Å². The van der Waals surface area contributed by atoms with E-state index in [1.807, 2.05) is 0 Å². The first kappa shape index (κ1) is 11.0. The number of benzene rings is 1. The molecule has 0 saturated heterocycles.